The van der Waals surface area contributed by atoms with E-state index in [0.29, 0.717) is 25.9 Å². The minimum Gasteiger partial charge on any atom is -0.384 e. The van der Waals surface area contributed by atoms with Crippen LogP contribution in [0.3, 0.4) is 0 Å². The third-order valence-electron chi connectivity index (χ3n) is 3.68. The molecule has 1 aliphatic rings. The fourth-order valence-corrected chi connectivity index (χ4v) is 2.56. The molecule has 3 nitrogen and oxygen atoms in total. The Morgan fingerprint density at radius 2 is 1.84 bits per heavy atom. The standard InChI is InChI=1S/C13H22F3NO2/c1-9(2)12(18)17-6-4-10(5-7-17)11(8-19-3)13(14,15)16/h9-11H,4-8H2,1-3H3. The predicted octanol–water partition coefficient (Wildman–Crippen LogP) is 2.71. The number of methoxy groups -OCH3 is 1. The average Bonchev–Trinajstić information content (AvgIpc) is 2.34. The molecule has 1 atom stereocenters. The van der Waals surface area contributed by atoms with Crippen LogP contribution < -0.4 is 0 Å². The maximum atomic E-state index is 12.9. The number of hydrogen-bond donors (Lipinski definition) is 0. The fraction of sp³-hybridized carbons (Fsp3) is 0.923. The highest BCUT2D eigenvalue weighted by Gasteiger charge is 2.45. The molecule has 0 saturated carbocycles. The number of alkyl halides is 3. The van der Waals surface area contributed by atoms with Gasteiger partial charge in [0.2, 0.25) is 5.91 Å². The Balaban J connectivity index is 2.58. The topological polar surface area (TPSA) is 29.5 Å². The number of ether oxygens (including phenoxy) is 1. The van der Waals surface area contributed by atoms with Gasteiger partial charge >= 0.3 is 6.18 Å². The summed E-state index contributed by atoms with van der Waals surface area (Å²) in [6.07, 6.45) is -3.44. The Morgan fingerprint density at radius 1 is 1.32 bits per heavy atom. The molecule has 112 valence electrons. The van der Waals surface area contributed by atoms with Crippen molar-refractivity contribution in [1.82, 2.24) is 4.90 Å². The molecule has 0 spiro atoms. The number of carbonyl (C=O) groups excluding carboxylic acids is 1. The monoisotopic (exact) mass is 281 g/mol. The van der Waals surface area contributed by atoms with Gasteiger partial charge in [-0.05, 0) is 18.8 Å². The Kier molecular flexibility index (Phi) is 5.64. The van der Waals surface area contributed by atoms with Crippen molar-refractivity contribution in [2.24, 2.45) is 17.8 Å². The lowest BCUT2D eigenvalue weighted by atomic mass is 9.84. The van der Waals surface area contributed by atoms with Crippen molar-refractivity contribution < 1.29 is 22.7 Å². The van der Waals surface area contributed by atoms with Crippen molar-refractivity contribution in [2.45, 2.75) is 32.9 Å². The van der Waals surface area contributed by atoms with Gasteiger partial charge in [0, 0.05) is 26.1 Å². The van der Waals surface area contributed by atoms with Crippen LogP contribution in [0.1, 0.15) is 26.7 Å². The normalized spacial score (nSPS) is 19.8. The zero-order valence-corrected chi connectivity index (χ0v) is 11.7. The molecule has 0 N–H and O–H groups in total. The number of amides is 1. The molecule has 0 radical (unpaired) electrons. The van der Waals surface area contributed by atoms with Crippen molar-refractivity contribution in [3.05, 3.63) is 0 Å². The second-order valence-corrected chi connectivity index (χ2v) is 5.42. The first-order valence-electron chi connectivity index (χ1n) is 6.61. The van der Waals surface area contributed by atoms with E-state index in [4.69, 9.17) is 4.74 Å². The number of piperidine rings is 1. The second kappa shape index (κ2) is 6.59. The molecule has 19 heavy (non-hydrogen) atoms. The van der Waals surface area contributed by atoms with Crippen LogP contribution in [0.4, 0.5) is 13.2 Å². The molecule has 1 aliphatic heterocycles. The number of hydrogen-bond acceptors (Lipinski definition) is 2. The van der Waals surface area contributed by atoms with Crippen molar-refractivity contribution in [2.75, 3.05) is 26.8 Å². The van der Waals surface area contributed by atoms with Gasteiger partial charge < -0.3 is 9.64 Å². The Hall–Kier alpha value is -0.780. The smallest absolute Gasteiger partial charge is 0.384 e. The molecule has 1 unspecified atom stereocenters. The molecule has 1 heterocycles. The largest absolute Gasteiger partial charge is 0.394 e. The molecule has 0 aromatic rings. The lowest BCUT2D eigenvalue weighted by Gasteiger charge is -2.37. The summed E-state index contributed by atoms with van der Waals surface area (Å²) < 4.78 is 43.4. The van der Waals surface area contributed by atoms with Gasteiger partial charge in [-0.1, -0.05) is 13.8 Å². The molecule has 0 aliphatic carbocycles. The van der Waals surface area contributed by atoms with E-state index >= 15 is 0 Å². The molecule has 0 bridgehead atoms. The highest BCUT2D eigenvalue weighted by molar-refractivity contribution is 5.78. The van der Waals surface area contributed by atoms with Gasteiger partial charge in [0.05, 0.1) is 12.5 Å². The first kappa shape index (κ1) is 16.3. The van der Waals surface area contributed by atoms with Gasteiger partial charge in [0.1, 0.15) is 0 Å². The Morgan fingerprint density at radius 3 is 2.21 bits per heavy atom. The summed E-state index contributed by atoms with van der Waals surface area (Å²) in [6, 6.07) is 0. The molecule has 1 amide bonds. The van der Waals surface area contributed by atoms with E-state index in [1.165, 1.54) is 7.11 Å². The van der Waals surface area contributed by atoms with Crippen LogP contribution >= 0.6 is 0 Å². The van der Waals surface area contributed by atoms with Crippen molar-refractivity contribution in [3.8, 4) is 0 Å². The maximum absolute atomic E-state index is 12.9. The Bertz CT molecular complexity index is 297. The first-order chi connectivity index (χ1) is 8.77. The predicted molar refractivity (Wildman–Crippen MR) is 65.6 cm³/mol. The van der Waals surface area contributed by atoms with E-state index in [2.05, 4.69) is 0 Å². The van der Waals surface area contributed by atoms with E-state index in [-0.39, 0.29) is 18.4 Å². The Labute approximate surface area is 112 Å². The summed E-state index contributed by atoms with van der Waals surface area (Å²) in [7, 11) is 1.29. The van der Waals surface area contributed by atoms with Crippen LogP contribution in [0.5, 0.6) is 0 Å². The number of carbonyl (C=O) groups is 1. The summed E-state index contributed by atoms with van der Waals surface area (Å²) in [5, 5.41) is 0. The van der Waals surface area contributed by atoms with Crippen molar-refractivity contribution in [3.63, 3.8) is 0 Å². The summed E-state index contributed by atoms with van der Waals surface area (Å²) in [6.45, 7) is 4.14. The lowest BCUT2D eigenvalue weighted by Crippen LogP contribution is -2.45. The quantitative estimate of drug-likeness (QED) is 0.793. The van der Waals surface area contributed by atoms with E-state index in [9.17, 15) is 18.0 Å². The highest BCUT2D eigenvalue weighted by Crippen LogP contribution is 2.37. The third kappa shape index (κ3) is 4.37. The lowest BCUT2D eigenvalue weighted by molar-refractivity contribution is -0.204. The molecule has 6 heteroatoms. The molecule has 1 fully saturated rings. The van der Waals surface area contributed by atoms with Gasteiger partial charge in [-0.15, -0.1) is 0 Å². The SMILES string of the molecule is COCC(C1CCN(C(=O)C(C)C)CC1)C(F)(F)F. The summed E-state index contributed by atoms with van der Waals surface area (Å²) in [4.78, 5) is 13.4. The molecule has 0 aromatic carbocycles. The molecule has 1 saturated heterocycles. The maximum Gasteiger partial charge on any atom is 0.394 e. The van der Waals surface area contributed by atoms with Crippen molar-refractivity contribution >= 4 is 5.91 Å². The van der Waals surface area contributed by atoms with E-state index in [1.807, 2.05) is 0 Å². The summed E-state index contributed by atoms with van der Waals surface area (Å²) in [5.41, 5.74) is 0. The molecular formula is C13H22F3NO2. The zero-order valence-electron chi connectivity index (χ0n) is 11.7. The average molecular weight is 281 g/mol. The number of rotatable bonds is 4. The van der Waals surface area contributed by atoms with Gasteiger partial charge in [-0.2, -0.15) is 13.2 Å². The van der Waals surface area contributed by atoms with Crippen LogP contribution in [0.25, 0.3) is 0 Å². The van der Waals surface area contributed by atoms with Crippen LogP contribution in [0, 0.1) is 17.8 Å². The van der Waals surface area contributed by atoms with Gasteiger partial charge in [-0.25, -0.2) is 0 Å². The number of likely N-dealkylation sites (tertiary alicyclic amines) is 1. The minimum atomic E-state index is -4.23. The van der Waals surface area contributed by atoms with Crippen molar-refractivity contribution in [1.29, 1.82) is 0 Å². The first-order valence-corrected chi connectivity index (χ1v) is 6.61. The third-order valence-corrected chi connectivity index (χ3v) is 3.68. The van der Waals surface area contributed by atoms with Crippen LogP contribution in [-0.2, 0) is 9.53 Å². The fourth-order valence-electron chi connectivity index (χ4n) is 2.56. The van der Waals surface area contributed by atoms with Crippen LogP contribution in [0.2, 0.25) is 0 Å². The van der Waals surface area contributed by atoms with E-state index in [0.717, 1.165) is 0 Å². The molecular weight excluding hydrogens is 259 g/mol. The molecule has 1 rings (SSSR count). The van der Waals surface area contributed by atoms with Crippen LogP contribution in [0.15, 0.2) is 0 Å². The summed E-state index contributed by atoms with van der Waals surface area (Å²) >= 11 is 0. The zero-order chi connectivity index (χ0) is 14.6. The number of halogens is 3. The minimum absolute atomic E-state index is 0.0220. The molecule has 0 aromatic heterocycles. The number of nitrogens with zero attached hydrogens (tertiary/aromatic N) is 1. The van der Waals surface area contributed by atoms with E-state index < -0.39 is 18.0 Å². The van der Waals surface area contributed by atoms with Gasteiger partial charge in [0.15, 0.2) is 0 Å². The highest BCUT2D eigenvalue weighted by atomic mass is 19.4. The van der Waals surface area contributed by atoms with Gasteiger partial charge in [-0.3, -0.25) is 4.79 Å². The van der Waals surface area contributed by atoms with Gasteiger partial charge in [0.25, 0.3) is 0 Å². The second-order valence-electron chi connectivity index (χ2n) is 5.42. The van der Waals surface area contributed by atoms with E-state index in [1.54, 1.807) is 18.7 Å². The summed E-state index contributed by atoms with van der Waals surface area (Å²) in [5.74, 6) is -1.95. The van der Waals surface area contributed by atoms with Crippen LogP contribution in [-0.4, -0.2) is 43.8 Å².